The molecule has 90 valence electrons. The van der Waals surface area contributed by atoms with Crippen molar-refractivity contribution in [2.75, 3.05) is 6.54 Å². The van der Waals surface area contributed by atoms with Crippen molar-refractivity contribution in [3.63, 3.8) is 0 Å². The maximum absolute atomic E-state index is 5.49. The first-order valence-electron chi connectivity index (χ1n) is 5.62. The third-order valence-corrected chi connectivity index (χ3v) is 3.12. The number of nitrogens with zero attached hydrogens (tertiary/aromatic N) is 1. The van der Waals surface area contributed by atoms with Crippen molar-refractivity contribution < 1.29 is 4.42 Å². The summed E-state index contributed by atoms with van der Waals surface area (Å²) in [6.07, 6.45) is 1.70. The maximum atomic E-state index is 5.49. The topological polar surface area (TPSA) is 38.1 Å². The highest BCUT2D eigenvalue weighted by molar-refractivity contribution is 9.10. The van der Waals surface area contributed by atoms with Gasteiger partial charge in [-0.1, -0.05) is 13.0 Å². The molecule has 1 aromatic heterocycles. The number of oxazole rings is 1. The zero-order chi connectivity index (χ0) is 12.3. The number of aromatic nitrogens is 1. The molecule has 0 radical (unpaired) electrons. The smallest absolute Gasteiger partial charge is 0.227 e. The molecule has 0 bridgehead atoms. The Balaban J connectivity index is 2.24. The molecule has 0 saturated heterocycles. The summed E-state index contributed by atoms with van der Waals surface area (Å²) in [5, 5.41) is 3.22. The molecule has 0 saturated carbocycles. The Morgan fingerprint density at radius 2 is 2.24 bits per heavy atom. The highest BCUT2D eigenvalue weighted by Crippen LogP contribution is 2.28. The van der Waals surface area contributed by atoms with Crippen molar-refractivity contribution >= 4 is 15.9 Å². The standard InChI is InChI=1S/C13H15BrN2O/c1-3-15-7-10-8-17-13(16-10)11-5-4-9(2)6-12(11)14/h4-6,8,15H,3,7H2,1-2H3. The molecule has 0 aliphatic rings. The molecular formula is C13H15BrN2O. The zero-order valence-electron chi connectivity index (χ0n) is 9.96. The summed E-state index contributed by atoms with van der Waals surface area (Å²) in [6.45, 7) is 5.79. The Kier molecular flexibility index (Phi) is 3.97. The Bertz CT molecular complexity index is 508. The molecular weight excluding hydrogens is 280 g/mol. The van der Waals surface area contributed by atoms with Crippen LogP contribution in [0.5, 0.6) is 0 Å². The monoisotopic (exact) mass is 294 g/mol. The van der Waals surface area contributed by atoms with E-state index >= 15 is 0 Å². The summed E-state index contributed by atoms with van der Waals surface area (Å²) < 4.78 is 6.50. The van der Waals surface area contributed by atoms with E-state index in [-0.39, 0.29) is 0 Å². The molecule has 2 aromatic rings. The van der Waals surface area contributed by atoms with Gasteiger partial charge in [-0.05, 0) is 47.1 Å². The molecule has 2 rings (SSSR count). The fraction of sp³-hybridized carbons (Fsp3) is 0.308. The summed E-state index contributed by atoms with van der Waals surface area (Å²) in [5.74, 6) is 0.657. The number of rotatable bonds is 4. The number of hydrogen-bond acceptors (Lipinski definition) is 3. The van der Waals surface area contributed by atoms with Gasteiger partial charge in [0.1, 0.15) is 6.26 Å². The van der Waals surface area contributed by atoms with Crippen LogP contribution in [0, 0.1) is 6.92 Å². The van der Waals surface area contributed by atoms with Crippen LogP contribution in [0.15, 0.2) is 33.4 Å². The number of halogens is 1. The van der Waals surface area contributed by atoms with Crippen LogP contribution >= 0.6 is 15.9 Å². The molecule has 3 nitrogen and oxygen atoms in total. The van der Waals surface area contributed by atoms with Crippen LogP contribution in [-0.4, -0.2) is 11.5 Å². The first-order chi connectivity index (χ1) is 8.20. The normalized spacial score (nSPS) is 10.8. The summed E-state index contributed by atoms with van der Waals surface area (Å²) in [7, 11) is 0. The van der Waals surface area contributed by atoms with Crippen molar-refractivity contribution in [2.45, 2.75) is 20.4 Å². The van der Waals surface area contributed by atoms with Gasteiger partial charge in [0.15, 0.2) is 0 Å². The summed E-state index contributed by atoms with van der Waals surface area (Å²) in [5.41, 5.74) is 3.12. The van der Waals surface area contributed by atoms with Gasteiger partial charge in [-0.2, -0.15) is 0 Å². The largest absolute Gasteiger partial charge is 0.444 e. The molecule has 0 spiro atoms. The van der Waals surface area contributed by atoms with Crippen molar-refractivity contribution in [1.29, 1.82) is 0 Å². The molecule has 17 heavy (non-hydrogen) atoms. The minimum Gasteiger partial charge on any atom is -0.444 e. The van der Waals surface area contributed by atoms with E-state index in [0.717, 1.165) is 28.8 Å². The van der Waals surface area contributed by atoms with Crippen LogP contribution in [0.2, 0.25) is 0 Å². The third kappa shape index (κ3) is 2.96. The lowest BCUT2D eigenvalue weighted by atomic mass is 10.1. The van der Waals surface area contributed by atoms with E-state index in [1.807, 2.05) is 12.1 Å². The third-order valence-electron chi connectivity index (χ3n) is 2.46. The second-order valence-corrected chi connectivity index (χ2v) is 4.76. The molecule has 0 atom stereocenters. The van der Waals surface area contributed by atoms with Crippen LogP contribution < -0.4 is 5.32 Å². The number of hydrogen-bond donors (Lipinski definition) is 1. The summed E-state index contributed by atoms with van der Waals surface area (Å²) in [6, 6.07) is 6.13. The summed E-state index contributed by atoms with van der Waals surface area (Å²) in [4.78, 5) is 4.45. The van der Waals surface area contributed by atoms with Gasteiger partial charge in [0, 0.05) is 11.0 Å². The molecule has 4 heteroatoms. The van der Waals surface area contributed by atoms with Crippen LogP contribution in [0.1, 0.15) is 18.2 Å². The van der Waals surface area contributed by atoms with Crippen LogP contribution in [0.25, 0.3) is 11.5 Å². The van der Waals surface area contributed by atoms with E-state index in [0.29, 0.717) is 5.89 Å². The first-order valence-corrected chi connectivity index (χ1v) is 6.41. The molecule has 1 heterocycles. The SMILES string of the molecule is CCNCc1coc(-c2ccc(C)cc2Br)n1. The van der Waals surface area contributed by atoms with Gasteiger partial charge in [-0.25, -0.2) is 4.98 Å². The van der Waals surface area contributed by atoms with Crippen LogP contribution in [0.3, 0.4) is 0 Å². The Morgan fingerprint density at radius 1 is 1.41 bits per heavy atom. The predicted molar refractivity (Wildman–Crippen MR) is 71.8 cm³/mol. The van der Waals surface area contributed by atoms with Gasteiger partial charge < -0.3 is 9.73 Å². The molecule has 1 N–H and O–H groups in total. The lowest BCUT2D eigenvalue weighted by Gasteiger charge is -2.00. The fourth-order valence-corrected chi connectivity index (χ4v) is 2.22. The van der Waals surface area contributed by atoms with Crippen LogP contribution in [0.4, 0.5) is 0 Å². The van der Waals surface area contributed by atoms with E-state index in [1.165, 1.54) is 5.56 Å². The second kappa shape index (κ2) is 5.47. The predicted octanol–water partition coefficient (Wildman–Crippen LogP) is 3.52. The van der Waals surface area contributed by atoms with E-state index in [2.05, 4.69) is 46.1 Å². The average molecular weight is 295 g/mol. The van der Waals surface area contributed by atoms with Crippen molar-refractivity contribution in [2.24, 2.45) is 0 Å². The minimum atomic E-state index is 0.657. The Labute approximate surface area is 109 Å². The number of aryl methyl sites for hydroxylation is 1. The molecule has 0 fully saturated rings. The lowest BCUT2D eigenvalue weighted by molar-refractivity contribution is 0.570. The van der Waals surface area contributed by atoms with Gasteiger partial charge in [0.05, 0.1) is 11.3 Å². The van der Waals surface area contributed by atoms with Gasteiger partial charge in [0.2, 0.25) is 5.89 Å². The molecule has 0 aliphatic carbocycles. The minimum absolute atomic E-state index is 0.657. The second-order valence-electron chi connectivity index (χ2n) is 3.91. The van der Waals surface area contributed by atoms with Gasteiger partial charge >= 0.3 is 0 Å². The number of benzene rings is 1. The molecule has 0 aliphatic heterocycles. The van der Waals surface area contributed by atoms with E-state index in [9.17, 15) is 0 Å². The van der Waals surface area contributed by atoms with E-state index in [1.54, 1.807) is 6.26 Å². The van der Waals surface area contributed by atoms with Crippen molar-refractivity contribution in [1.82, 2.24) is 10.3 Å². The number of nitrogens with one attached hydrogen (secondary N) is 1. The van der Waals surface area contributed by atoms with E-state index in [4.69, 9.17) is 4.42 Å². The highest BCUT2D eigenvalue weighted by atomic mass is 79.9. The van der Waals surface area contributed by atoms with Crippen molar-refractivity contribution in [3.8, 4) is 11.5 Å². The maximum Gasteiger partial charge on any atom is 0.227 e. The molecule has 1 aromatic carbocycles. The highest BCUT2D eigenvalue weighted by Gasteiger charge is 2.09. The van der Waals surface area contributed by atoms with E-state index < -0.39 is 0 Å². The van der Waals surface area contributed by atoms with Crippen LogP contribution in [-0.2, 0) is 6.54 Å². The van der Waals surface area contributed by atoms with Gasteiger partial charge in [0.25, 0.3) is 0 Å². The van der Waals surface area contributed by atoms with Gasteiger partial charge in [-0.3, -0.25) is 0 Å². The molecule has 0 unspecified atom stereocenters. The average Bonchev–Trinajstić information content (AvgIpc) is 2.75. The Morgan fingerprint density at radius 3 is 2.94 bits per heavy atom. The van der Waals surface area contributed by atoms with Gasteiger partial charge in [-0.15, -0.1) is 0 Å². The molecule has 0 amide bonds. The summed E-state index contributed by atoms with van der Waals surface area (Å²) >= 11 is 3.53. The zero-order valence-corrected chi connectivity index (χ0v) is 11.5. The quantitative estimate of drug-likeness (QED) is 0.937. The first kappa shape index (κ1) is 12.3. The van der Waals surface area contributed by atoms with Crippen molar-refractivity contribution in [3.05, 3.63) is 40.2 Å². The Hall–Kier alpha value is -1.13. The fourth-order valence-electron chi connectivity index (χ4n) is 1.56. The lowest BCUT2D eigenvalue weighted by Crippen LogP contribution is -2.11.